The average Bonchev–Trinajstić information content (AvgIpc) is 3.19. The summed E-state index contributed by atoms with van der Waals surface area (Å²) in [6.45, 7) is 4.78. The van der Waals surface area contributed by atoms with Crippen molar-refractivity contribution in [2.75, 3.05) is 24.5 Å². The van der Waals surface area contributed by atoms with E-state index in [-0.39, 0.29) is 11.9 Å². The fourth-order valence-electron chi connectivity index (χ4n) is 3.32. The largest absolute Gasteiger partial charge is 0.357 e. The second kappa shape index (κ2) is 5.64. The number of aromatic nitrogens is 4. The zero-order chi connectivity index (χ0) is 15.8. The van der Waals surface area contributed by atoms with Gasteiger partial charge in [0, 0.05) is 31.9 Å². The van der Waals surface area contributed by atoms with Gasteiger partial charge in [0.15, 0.2) is 0 Å². The Balaban J connectivity index is 1.59. The number of nitrogens with zero attached hydrogens (tertiary/aromatic N) is 5. The van der Waals surface area contributed by atoms with Crippen LogP contribution in [0.5, 0.6) is 0 Å². The second-order valence-corrected chi connectivity index (χ2v) is 6.17. The van der Waals surface area contributed by atoms with E-state index in [9.17, 15) is 4.79 Å². The summed E-state index contributed by atoms with van der Waals surface area (Å²) >= 11 is 0. The van der Waals surface area contributed by atoms with Gasteiger partial charge in [-0.25, -0.2) is 9.97 Å². The minimum Gasteiger partial charge on any atom is -0.357 e. The molecule has 1 amide bonds. The Morgan fingerprint density at radius 2 is 2.09 bits per heavy atom. The third kappa shape index (κ3) is 2.56. The molecule has 7 nitrogen and oxygen atoms in total. The van der Waals surface area contributed by atoms with Crippen molar-refractivity contribution >= 4 is 11.7 Å². The van der Waals surface area contributed by atoms with Crippen LogP contribution in [0.2, 0.25) is 0 Å². The first-order valence-electron chi connectivity index (χ1n) is 8.13. The lowest BCUT2D eigenvalue weighted by Gasteiger charge is -2.40. The molecule has 0 bridgehead atoms. The third-order valence-corrected chi connectivity index (χ3v) is 4.63. The molecule has 1 N–H and O–H groups in total. The van der Waals surface area contributed by atoms with Gasteiger partial charge < -0.3 is 9.80 Å². The number of carbonyl (C=O) groups is 1. The van der Waals surface area contributed by atoms with Crippen molar-refractivity contribution in [1.29, 1.82) is 0 Å². The van der Waals surface area contributed by atoms with Crippen LogP contribution in [0, 0.1) is 6.92 Å². The van der Waals surface area contributed by atoms with Gasteiger partial charge in [0.2, 0.25) is 0 Å². The van der Waals surface area contributed by atoms with E-state index in [1.807, 2.05) is 11.8 Å². The van der Waals surface area contributed by atoms with Crippen LogP contribution in [0.15, 0.2) is 18.3 Å². The van der Waals surface area contributed by atoms with Crippen molar-refractivity contribution in [3.63, 3.8) is 0 Å². The fraction of sp³-hybridized carbons (Fsp3) is 0.500. The molecule has 1 unspecified atom stereocenters. The fourth-order valence-corrected chi connectivity index (χ4v) is 3.32. The number of carbonyl (C=O) groups excluding carboxylic acids is 1. The summed E-state index contributed by atoms with van der Waals surface area (Å²) in [5.41, 5.74) is 1.47. The van der Waals surface area contributed by atoms with Gasteiger partial charge in [0.05, 0.1) is 11.7 Å². The summed E-state index contributed by atoms with van der Waals surface area (Å²) in [6.07, 6.45) is 4.97. The van der Waals surface area contributed by atoms with Gasteiger partial charge >= 0.3 is 0 Å². The molecule has 4 rings (SSSR count). The monoisotopic (exact) mass is 312 g/mol. The quantitative estimate of drug-likeness (QED) is 0.933. The van der Waals surface area contributed by atoms with Crippen molar-refractivity contribution in [1.82, 2.24) is 25.1 Å². The molecular formula is C16H20N6O. The molecule has 2 saturated heterocycles. The second-order valence-electron chi connectivity index (χ2n) is 6.17. The molecular weight excluding hydrogens is 292 g/mol. The normalized spacial score (nSPS) is 20.7. The predicted octanol–water partition coefficient (Wildman–Crippen LogP) is 1.70. The van der Waals surface area contributed by atoms with E-state index in [1.54, 1.807) is 12.3 Å². The lowest BCUT2D eigenvalue weighted by atomic mass is 9.98. The van der Waals surface area contributed by atoms with E-state index in [0.717, 1.165) is 43.4 Å². The first-order chi connectivity index (χ1) is 11.2. The number of aromatic amines is 1. The molecule has 4 heterocycles. The molecule has 2 aliphatic rings. The average molecular weight is 312 g/mol. The van der Waals surface area contributed by atoms with Crippen LogP contribution in [0.1, 0.15) is 47.3 Å². The molecule has 0 radical (unpaired) electrons. The van der Waals surface area contributed by atoms with Crippen LogP contribution in [-0.2, 0) is 0 Å². The van der Waals surface area contributed by atoms with Crippen molar-refractivity contribution in [3.05, 3.63) is 35.5 Å². The van der Waals surface area contributed by atoms with E-state index in [0.29, 0.717) is 5.69 Å². The highest BCUT2D eigenvalue weighted by Crippen LogP contribution is 2.34. The van der Waals surface area contributed by atoms with E-state index < -0.39 is 0 Å². The standard InChI is InChI=1S/C16H20N6O/c1-11-18-13(10-15(19-11)21-7-2-3-8-21)14-5-9-22(14)16(23)12-4-6-17-20-12/h4,6,10,14H,2-3,5,7-9H2,1H3,(H,17,20). The number of likely N-dealkylation sites (tertiary alicyclic amines) is 1. The SMILES string of the molecule is Cc1nc(C2CCN2C(=O)c2ccn[nH]2)cc(N2CCCC2)n1. The number of H-pyrrole nitrogens is 1. The molecule has 23 heavy (non-hydrogen) atoms. The van der Waals surface area contributed by atoms with Crippen molar-refractivity contribution in [2.24, 2.45) is 0 Å². The summed E-state index contributed by atoms with van der Waals surface area (Å²) in [4.78, 5) is 25.8. The summed E-state index contributed by atoms with van der Waals surface area (Å²) in [5, 5.41) is 6.60. The number of anilines is 1. The Labute approximate surface area is 134 Å². The summed E-state index contributed by atoms with van der Waals surface area (Å²) in [5.74, 6) is 1.74. The number of rotatable bonds is 3. The summed E-state index contributed by atoms with van der Waals surface area (Å²) < 4.78 is 0. The number of nitrogens with one attached hydrogen (secondary N) is 1. The highest BCUT2D eigenvalue weighted by molar-refractivity contribution is 5.93. The van der Waals surface area contributed by atoms with Crippen LogP contribution in [0.25, 0.3) is 0 Å². The summed E-state index contributed by atoms with van der Waals surface area (Å²) in [7, 11) is 0. The number of hydrogen-bond acceptors (Lipinski definition) is 5. The summed E-state index contributed by atoms with van der Waals surface area (Å²) in [6, 6.07) is 3.79. The molecule has 0 spiro atoms. The maximum absolute atomic E-state index is 12.5. The molecule has 0 aliphatic carbocycles. The van der Waals surface area contributed by atoms with Crippen LogP contribution < -0.4 is 4.90 Å². The van der Waals surface area contributed by atoms with E-state index in [1.165, 1.54) is 12.8 Å². The molecule has 2 fully saturated rings. The number of amides is 1. The topological polar surface area (TPSA) is 78.0 Å². The number of aryl methyl sites for hydroxylation is 1. The van der Waals surface area contributed by atoms with Crippen molar-refractivity contribution in [2.45, 2.75) is 32.2 Å². The first-order valence-corrected chi connectivity index (χ1v) is 8.13. The lowest BCUT2D eigenvalue weighted by molar-refractivity contribution is 0.0444. The Morgan fingerprint density at radius 1 is 1.26 bits per heavy atom. The van der Waals surface area contributed by atoms with Crippen LogP contribution in [0.4, 0.5) is 5.82 Å². The van der Waals surface area contributed by atoms with Crippen LogP contribution in [-0.4, -0.2) is 50.6 Å². The predicted molar refractivity (Wildman–Crippen MR) is 85.2 cm³/mol. The smallest absolute Gasteiger partial charge is 0.272 e. The molecule has 1 atom stereocenters. The van der Waals surface area contributed by atoms with E-state index in [4.69, 9.17) is 0 Å². The van der Waals surface area contributed by atoms with Gasteiger partial charge in [0.25, 0.3) is 5.91 Å². The number of hydrogen-bond donors (Lipinski definition) is 1. The van der Waals surface area contributed by atoms with Gasteiger partial charge in [-0.05, 0) is 32.3 Å². The maximum Gasteiger partial charge on any atom is 0.272 e. The molecule has 2 aliphatic heterocycles. The third-order valence-electron chi connectivity index (χ3n) is 4.63. The van der Waals surface area contributed by atoms with Gasteiger partial charge in [0.1, 0.15) is 17.3 Å². The van der Waals surface area contributed by atoms with Gasteiger partial charge in [-0.1, -0.05) is 0 Å². The molecule has 0 saturated carbocycles. The lowest BCUT2D eigenvalue weighted by Crippen LogP contribution is -2.45. The van der Waals surface area contributed by atoms with Gasteiger partial charge in [-0.3, -0.25) is 9.89 Å². The minimum absolute atomic E-state index is 0.0160. The highest BCUT2D eigenvalue weighted by Gasteiger charge is 2.36. The Kier molecular flexibility index (Phi) is 3.48. The van der Waals surface area contributed by atoms with Crippen molar-refractivity contribution < 1.29 is 4.79 Å². The molecule has 2 aromatic rings. The molecule has 2 aromatic heterocycles. The Hall–Kier alpha value is -2.44. The Morgan fingerprint density at radius 3 is 2.74 bits per heavy atom. The van der Waals surface area contributed by atoms with Crippen LogP contribution in [0.3, 0.4) is 0 Å². The van der Waals surface area contributed by atoms with Gasteiger partial charge in [-0.2, -0.15) is 5.10 Å². The minimum atomic E-state index is -0.0160. The zero-order valence-corrected chi connectivity index (χ0v) is 13.2. The van der Waals surface area contributed by atoms with Crippen molar-refractivity contribution in [3.8, 4) is 0 Å². The molecule has 7 heteroatoms. The zero-order valence-electron chi connectivity index (χ0n) is 13.2. The maximum atomic E-state index is 12.5. The van der Waals surface area contributed by atoms with Crippen LogP contribution >= 0.6 is 0 Å². The van der Waals surface area contributed by atoms with E-state index in [2.05, 4.69) is 31.1 Å². The van der Waals surface area contributed by atoms with E-state index >= 15 is 0 Å². The highest BCUT2D eigenvalue weighted by atomic mass is 16.2. The Bertz CT molecular complexity index is 707. The first kappa shape index (κ1) is 14.2. The van der Waals surface area contributed by atoms with Gasteiger partial charge in [-0.15, -0.1) is 0 Å². The molecule has 120 valence electrons. The molecule has 0 aromatic carbocycles.